The standard InChI is InChI=1S/C10H12BrNO2/c1-7(13)5-12-6-8-4-9(11)2-3-10(8)14/h2-4,6-7,13-14H,5H2,1H3. The Bertz CT molecular complexity index is 337. The van der Waals surface area contributed by atoms with E-state index in [9.17, 15) is 5.11 Å². The summed E-state index contributed by atoms with van der Waals surface area (Å²) in [6, 6.07) is 5.11. The molecule has 0 fully saturated rings. The average molecular weight is 258 g/mol. The topological polar surface area (TPSA) is 52.8 Å². The molecule has 3 nitrogen and oxygen atoms in total. The molecule has 0 radical (unpaired) electrons. The van der Waals surface area contributed by atoms with Crippen LogP contribution < -0.4 is 0 Å². The van der Waals surface area contributed by atoms with Crippen LogP contribution in [0, 0.1) is 0 Å². The minimum Gasteiger partial charge on any atom is -0.507 e. The van der Waals surface area contributed by atoms with Crippen LogP contribution in [-0.2, 0) is 0 Å². The van der Waals surface area contributed by atoms with Crippen LogP contribution in [0.5, 0.6) is 5.75 Å². The van der Waals surface area contributed by atoms with E-state index in [0.717, 1.165) is 4.47 Å². The molecule has 4 heteroatoms. The molecule has 0 saturated heterocycles. The van der Waals surface area contributed by atoms with Gasteiger partial charge in [0.1, 0.15) is 5.75 Å². The summed E-state index contributed by atoms with van der Waals surface area (Å²) in [7, 11) is 0. The van der Waals surface area contributed by atoms with Crippen molar-refractivity contribution in [1.82, 2.24) is 0 Å². The van der Waals surface area contributed by atoms with Crippen molar-refractivity contribution in [1.29, 1.82) is 0 Å². The van der Waals surface area contributed by atoms with Gasteiger partial charge >= 0.3 is 0 Å². The Labute approximate surface area is 91.2 Å². The molecule has 1 rings (SSSR count). The summed E-state index contributed by atoms with van der Waals surface area (Å²) in [6.07, 6.45) is 1.09. The zero-order valence-corrected chi connectivity index (χ0v) is 9.40. The Hall–Kier alpha value is -0.870. The number of aliphatic hydroxyl groups is 1. The van der Waals surface area contributed by atoms with E-state index in [-0.39, 0.29) is 5.75 Å². The van der Waals surface area contributed by atoms with Crippen molar-refractivity contribution in [2.24, 2.45) is 4.99 Å². The zero-order chi connectivity index (χ0) is 10.6. The number of benzene rings is 1. The molecule has 0 heterocycles. The van der Waals surface area contributed by atoms with E-state index < -0.39 is 6.10 Å². The minimum absolute atomic E-state index is 0.183. The van der Waals surface area contributed by atoms with Crippen LogP contribution in [0.1, 0.15) is 12.5 Å². The maximum absolute atomic E-state index is 9.43. The van der Waals surface area contributed by atoms with Gasteiger partial charge in [-0.15, -0.1) is 0 Å². The van der Waals surface area contributed by atoms with Gasteiger partial charge in [-0.3, -0.25) is 4.99 Å². The summed E-state index contributed by atoms with van der Waals surface area (Å²) in [6.45, 7) is 2.00. The van der Waals surface area contributed by atoms with Crippen molar-refractivity contribution in [3.05, 3.63) is 28.2 Å². The third kappa shape index (κ3) is 3.47. The van der Waals surface area contributed by atoms with Crippen molar-refractivity contribution in [3.63, 3.8) is 0 Å². The molecule has 0 aliphatic heterocycles. The molecule has 0 spiro atoms. The summed E-state index contributed by atoms with van der Waals surface area (Å²) < 4.78 is 0.883. The molecular formula is C10H12BrNO2. The summed E-state index contributed by atoms with van der Waals surface area (Å²) in [5.41, 5.74) is 0.639. The van der Waals surface area contributed by atoms with Crippen molar-refractivity contribution < 1.29 is 10.2 Å². The number of aliphatic hydroxyl groups excluding tert-OH is 1. The highest BCUT2D eigenvalue weighted by molar-refractivity contribution is 9.10. The molecule has 0 aliphatic carbocycles. The molecule has 1 unspecified atom stereocenters. The lowest BCUT2D eigenvalue weighted by Crippen LogP contribution is -2.03. The van der Waals surface area contributed by atoms with Gasteiger partial charge in [-0.25, -0.2) is 0 Å². The van der Waals surface area contributed by atoms with Gasteiger partial charge in [0.05, 0.1) is 12.6 Å². The van der Waals surface area contributed by atoms with Gasteiger partial charge in [-0.05, 0) is 25.1 Å². The van der Waals surface area contributed by atoms with Crippen LogP contribution in [0.3, 0.4) is 0 Å². The first kappa shape index (κ1) is 11.2. The van der Waals surface area contributed by atoms with E-state index in [4.69, 9.17) is 5.11 Å². The molecule has 1 aromatic carbocycles. The van der Waals surface area contributed by atoms with Crippen molar-refractivity contribution in [3.8, 4) is 5.75 Å². The highest BCUT2D eigenvalue weighted by Crippen LogP contribution is 2.19. The van der Waals surface area contributed by atoms with Crippen LogP contribution in [-0.4, -0.2) is 29.1 Å². The number of phenols is 1. The van der Waals surface area contributed by atoms with Gasteiger partial charge in [0.25, 0.3) is 0 Å². The number of aromatic hydroxyl groups is 1. The number of halogens is 1. The molecule has 1 atom stereocenters. The fourth-order valence-electron chi connectivity index (χ4n) is 0.932. The minimum atomic E-state index is -0.458. The van der Waals surface area contributed by atoms with Crippen molar-refractivity contribution in [2.45, 2.75) is 13.0 Å². The Morgan fingerprint density at radius 2 is 2.29 bits per heavy atom. The summed E-state index contributed by atoms with van der Waals surface area (Å²) >= 11 is 3.29. The smallest absolute Gasteiger partial charge is 0.124 e. The van der Waals surface area contributed by atoms with Crippen LogP contribution in [0.4, 0.5) is 0 Å². The number of phenolic OH excluding ortho intramolecular Hbond substituents is 1. The monoisotopic (exact) mass is 257 g/mol. The largest absolute Gasteiger partial charge is 0.507 e. The number of hydrogen-bond acceptors (Lipinski definition) is 3. The van der Waals surface area contributed by atoms with Crippen LogP contribution in [0.15, 0.2) is 27.7 Å². The zero-order valence-electron chi connectivity index (χ0n) is 7.81. The number of aliphatic imine (C=N–C) groups is 1. The first-order chi connectivity index (χ1) is 6.59. The molecule has 0 amide bonds. The first-order valence-corrected chi connectivity index (χ1v) is 5.05. The second kappa shape index (κ2) is 5.12. The van der Waals surface area contributed by atoms with Gasteiger partial charge in [-0.2, -0.15) is 0 Å². The van der Waals surface area contributed by atoms with Crippen LogP contribution >= 0.6 is 15.9 Å². The van der Waals surface area contributed by atoms with Gasteiger partial charge in [-0.1, -0.05) is 15.9 Å². The molecule has 2 N–H and O–H groups in total. The molecule has 1 aromatic rings. The molecule has 0 aromatic heterocycles. The Morgan fingerprint density at radius 1 is 1.57 bits per heavy atom. The molecule has 0 aliphatic rings. The number of hydrogen-bond donors (Lipinski definition) is 2. The Kier molecular flexibility index (Phi) is 4.10. The quantitative estimate of drug-likeness (QED) is 0.814. The molecule has 14 heavy (non-hydrogen) atoms. The maximum Gasteiger partial charge on any atom is 0.124 e. The lowest BCUT2D eigenvalue weighted by molar-refractivity contribution is 0.204. The van der Waals surface area contributed by atoms with Gasteiger partial charge < -0.3 is 10.2 Å². The van der Waals surface area contributed by atoms with Crippen LogP contribution in [0.2, 0.25) is 0 Å². The summed E-state index contributed by atoms with van der Waals surface area (Å²) in [5.74, 6) is 0.183. The fourth-order valence-corrected chi connectivity index (χ4v) is 1.31. The van der Waals surface area contributed by atoms with E-state index in [1.807, 2.05) is 0 Å². The van der Waals surface area contributed by atoms with Gasteiger partial charge in [0.2, 0.25) is 0 Å². The molecule has 76 valence electrons. The predicted octanol–water partition coefficient (Wildman–Crippen LogP) is 1.95. The van der Waals surface area contributed by atoms with E-state index in [0.29, 0.717) is 12.1 Å². The highest BCUT2D eigenvalue weighted by Gasteiger charge is 1.98. The van der Waals surface area contributed by atoms with Crippen molar-refractivity contribution >= 4 is 22.1 Å². The van der Waals surface area contributed by atoms with E-state index in [2.05, 4.69) is 20.9 Å². The molecule has 0 saturated carbocycles. The van der Waals surface area contributed by atoms with E-state index in [1.165, 1.54) is 0 Å². The summed E-state index contributed by atoms with van der Waals surface area (Å²) in [4.78, 5) is 3.99. The van der Waals surface area contributed by atoms with Gasteiger partial charge in [0.15, 0.2) is 0 Å². The fraction of sp³-hybridized carbons (Fsp3) is 0.300. The third-order valence-electron chi connectivity index (χ3n) is 1.59. The summed E-state index contributed by atoms with van der Waals surface area (Å²) in [5, 5.41) is 18.4. The average Bonchev–Trinajstić information content (AvgIpc) is 2.10. The number of rotatable bonds is 3. The molecule has 0 bridgehead atoms. The second-order valence-electron chi connectivity index (χ2n) is 3.05. The Morgan fingerprint density at radius 3 is 2.93 bits per heavy atom. The van der Waals surface area contributed by atoms with E-state index >= 15 is 0 Å². The normalized spacial score (nSPS) is 13.4. The SMILES string of the molecule is CC(O)CN=Cc1cc(Br)ccc1O. The number of nitrogens with zero attached hydrogens (tertiary/aromatic N) is 1. The highest BCUT2D eigenvalue weighted by atomic mass is 79.9. The maximum atomic E-state index is 9.43. The molecular weight excluding hydrogens is 246 g/mol. The Balaban J connectivity index is 2.75. The lowest BCUT2D eigenvalue weighted by Gasteiger charge is -2.00. The van der Waals surface area contributed by atoms with Crippen LogP contribution in [0.25, 0.3) is 0 Å². The van der Waals surface area contributed by atoms with Crippen molar-refractivity contribution in [2.75, 3.05) is 6.54 Å². The van der Waals surface area contributed by atoms with E-state index in [1.54, 1.807) is 31.3 Å². The third-order valence-corrected chi connectivity index (χ3v) is 2.08. The second-order valence-corrected chi connectivity index (χ2v) is 3.96. The first-order valence-electron chi connectivity index (χ1n) is 4.26. The lowest BCUT2D eigenvalue weighted by atomic mass is 10.2. The predicted molar refractivity (Wildman–Crippen MR) is 59.9 cm³/mol. The van der Waals surface area contributed by atoms with Gasteiger partial charge in [0, 0.05) is 16.3 Å².